The molecule has 2 aromatic carbocycles. The van der Waals surface area contributed by atoms with Crippen molar-refractivity contribution in [3.63, 3.8) is 0 Å². The van der Waals surface area contributed by atoms with Crippen LogP contribution in [0.15, 0.2) is 46.2 Å². The van der Waals surface area contributed by atoms with E-state index in [9.17, 15) is 4.79 Å². The van der Waals surface area contributed by atoms with Gasteiger partial charge in [0.05, 0.1) is 18.0 Å². The van der Waals surface area contributed by atoms with Crippen molar-refractivity contribution in [2.75, 3.05) is 19.0 Å². The van der Waals surface area contributed by atoms with Gasteiger partial charge in [0.2, 0.25) is 0 Å². The number of para-hydroxylation sites is 1. The van der Waals surface area contributed by atoms with Crippen LogP contribution in [0.2, 0.25) is 0 Å². The van der Waals surface area contributed by atoms with E-state index in [0.29, 0.717) is 12.2 Å². The summed E-state index contributed by atoms with van der Waals surface area (Å²) in [4.78, 5) is 13.4. The van der Waals surface area contributed by atoms with Crippen LogP contribution in [-0.4, -0.2) is 20.0 Å². The molecule has 4 heteroatoms. The summed E-state index contributed by atoms with van der Waals surface area (Å²) in [6.07, 6.45) is 1.69. The van der Waals surface area contributed by atoms with Crippen molar-refractivity contribution < 1.29 is 9.53 Å². The highest BCUT2D eigenvalue weighted by atomic mass is 32.2. The van der Waals surface area contributed by atoms with Crippen LogP contribution in [0.4, 0.5) is 11.4 Å². The highest BCUT2D eigenvalue weighted by molar-refractivity contribution is 7.99. The van der Waals surface area contributed by atoms with Gasteiger partial charge >= 0.3 is 0 Å². The Bertz CT molecular complexity index is 655. The maximum atomic E-state index is 11.1. The van der Waals surface area contributed by atoms with E-state index in [4.69, 9.17) is 4.74 Å². The number of hydrogen-bond donors (Lipinski definition) is 1. The third-order valence-corrected chi connectivity index (χ3v) is 4.40. The Kier molecular flexibility index (Phi) is 3.76. The summed E-state index contributed by atoms with van der Waals surface area (Å²) in [6, 6.07) is 12.1. The summed E-state index contributed by atoms with van der Waals surface area (Å²) >= 11 is 1.70. The van der Waals surface area contributed by atoms with Gasteiger partial charge in [-0.15, -0.1) is 0 Å². The van der Waals surface area contributed by atoms with Gasteiger partial charge < -0.3 is 10.1 Å². The second-order valence-electron chi connectivity index (χ2n) is 4.64. The zero-order valence-corrected chi connectivity index (χ0v) is 12.0. The van der Waals surface area contributed by atoms with Crippen LogP contribution >= 0.6 is 11.8 Å². The summed E-state index contributed by atoms with van der Waals surface area (Å²) in [5.41, 5.74) is 4.04. The minimum absolute atomic E-state index is 0.642. The van der Waals surface area contributed by atoms with Crippen LogP contribution in [0.1, 0.15) is 15.9 Å². The molecular weight excluding hydrogens is 270 g/mol. The van der Waals surface area contributed by atoms with E-state index in [2.05, 4.69) is 17.4 Å². The SMILES string of the molecule is COCCc1cc(C=O)cc2c1Nc1ccccc1S2. The summed E-state index contributed by atoms with van der Waals surface area (Å²) in [5.74, 6) is 0. The summed E-state index contributed by atoms with van der Waals surface area (Å²) in [6.45, 7) is 0.642. The minimum atomic E-state index is 0.642. The fraction of sp³-hybridized carbons (Fsp3) is 0.188. The van der Waals surface area contributed by atoms with E-state index >= 15 is 0 Å². The predicted octanol–water partition coefficient (Wildman–Crippen LogP) is 3.90. The molecule has 3 nitrogen and oxygen atoms in total. The van der Waals surface area contributed by atoms with Crippen molar-refractivity contribution in [3.05, 3.63) is 47.5 Å². The van der Waals surface area contributed by atoms with Gasteiger partial charge in [0.1, 0.15) is 6.29 Å². The van der Waals surface area contributed by atoms with Crippen LogP contribution in [-0.2, 0) is 11.2 Å². The topological polar surface area (TPSA) is 38.3 Å². The molecule has 0 aliphatic carbocycles. The summed E-state index contributed by atoms with van der Waals surface area (Å²) in [5, 5.41) is 3.48. The Morgan fingerprint density at radius 2 is 2.10 bits per heavy atom. The van der Waals surface area contributed by atoms with Crippen LogP contribution in [0.25, 0.3) is 0 Å². The smallest absolute Gasteiger partial charge is 0.150 e. The van der Waals surface area contributed by atoms with Crippen LogP contribution in [0, 0.1) is 0 Å². The van der Waals surface area contributed by atoms with E-state index in [1.165, 1.54) is 4.90 Å². The molecule has 0 amide bonds. The molecule has 20 heavy (non-hydrogen) atoms. The predicted molar refractivity (Wildman–Crippen MR) is 81.3 cm³/mol. The van der Waals surface area contributed by atoms with Crippen molar-refractivity contribution in [1.29, 1.82) is 0 Å². The van der Waals surface area contributed by atoms with Crippen molar-refractivity contribution in [3.8, 4) is 0 Å². The second kappa shape index (κ2) is 5.69. The quantitative estimate of drug-likeness (QED) is 0.738. The highest BCUT2D eigenvalue weighted by Gasteiger charge is 2.19. The molecule has 0 aromatic heterocycles. The van der Waals surface area contributed by atoms with Crippen molar-refractivity contribution >= 4 is 29.4 Å². The number of carbonyl (C=O) groups excluding carboxylic acids is 1. The first-order valence-corrected chi connectivity index (χ1v) is 7.28. The van der Waals surface area contributed by atoms with Crippen molar-refractivity contribution in [2.24, 2.45) is 0 Å². The average molecular weight is 285 g/mol. The maximum absolute atomic E-state index is 11.1. The molecule has 102 valence electrons. The lowest BCUT2D eigenvalue weighted by molar-refractivity contribution is 0.112. The fourth-order valence-corrected chi connectivity index (χ4v) is 3.40. The third-order valence-electron chi connectivity index (χ3n) is 3.28. The molecule has 1 aliphatic rings. The molecule has 0 saturated carbocycles. The summed E-state index contributed by atoms with van der Waals surface area (Å²) in [7, 11) is 1.69. The van der Waals surface area contributed by atoms with Gasteiger partial charge in [-0.05, 0) is 36.2 Å². The molecule has 3 rings (SSSR count). The van der Waals surface area contributed by atoms with Gasteiger partial charge in [0, 0.05) is 22.5 Å². The Hall–Kier alpha value is -1.78. The monoisotopic (exact) mass is 285 g/mol. The first-order chi connectivity index (χ1) is 9.81. The number of ether oxygens (including phenoxy) is 1. The average Bonchev–Trinajstić information content (AvgIpc) is 2.50. The minimum Gasteiger partial charge on any atom is -0.384 e. The third kappa shape index (κ3) is 2.44. The zero-order valence-electron chi connectivity index (χ0n) is 11.2. The molecule has 0 fully saturated rings. The Balaban J connectivity index is 2.04. The van der Waals surface area contributed by atoms with Crippen LogP contribution in [0.3, 0.4) is 0 Å². The Morgan fingerprint density at radius 3 is 2.90 bits per heavy atom. The normalized spacial score (nSPS) is 12.2. The van der Waals surface area contributed by atoms with Gasteiger partial charge in [-0.2, -0.15) is 0 Å². The number of hydrogen-bond acceptors (Lipinski definition) is 4. The molecule has 1 N–H and O–H groups in total. The zero-order chi connectivity index (χ0) is 13.9. The van der Waals surface area contributed by atoms with Gasteiger partial charge in [-0.25, -0.2) is 0 Å². The molecule has 1 heterocycles. The largest absolute Gasteiger partial charge is 0.384 e. The number of nitrogens with one attached hydrogen (secondary N) is 1. The molecule has 0 bridgehead atoms. The fourth-order valence-electron chi connectivity index (χ4n) is 2.31. The van der Waals surface area contributed by atoms with Crippen molar-refractivity contribution in [2.45, 2.75) is 16.2 Å². The molecule has 0 unspecified atom stereocenters. The molecule has 0 spiro atoms. The van der Waals surface area contributed by atoms with Gasteiger partial charge in [-0.3, -0.25) is 4.79 Å². The lowest BCUT2D eigenvalue weighted by atomic mass is 10.1. The van der Waals surface area contributed by atoms with Crippen LogP contribution < -0.4 is 5.32 Å². The number of carbonyl (C=O) groups is 1. The molecule has 0 radical (unpaired) electrons. The molecule has 0 saturated heterocycles. The summed E-state index contributed by atoms with van der Waals surface area (Å²) < 4.78 is 5.16. The van der Waals surface area contributed by atoms with Gasteiger partial charge in [0.15, 0.2) is 0 Å². The highest BCUT2D eigenvalue weighted by Crippen LogP contribution is 2.45. The van der Waals surface area contributed by atoms with Crippen molar-refractivity contribution in [1.82, 2.24) is 0 Å². The molecule has 2 aromatic rings. The number of benzene rings is 2. The number of methoxy groups -OCH3 is 1. The Labute approximate surface area is 122 Å². The lowest BCUT2D eigenvalue weighted by Crippen LogP contribution is -2.06. The number of anilines is 2. The van der Waals surface area contributed by atoms with Crippen LogP contribution in [0.5, 0.6) is 0 Å². The van der Waals surface area contributed by atoms with E-state index in [0.717, 1.165) is 34.5 Å². The maximum Gasteiger partial charge on any atom is 0.150 e. The second-order valence-corrected chi connectivity index (χ2v) is 5.72. The van der Waals surface area contributed by atoms with E-state index in [1.54, 1.807) is 18.9 Å². The lowest BCUT2D eigenvalue weighted by Gasteiger charge is -2.23. The standard InChI is InChI=1S/C16H15NO2S/c1-19-7-6-12-8-11(10-18)9-15-16(12)17-13-4-2-3-5-14(13)20-15/h2-5,8-10,17H,6-7H2,1H3. The first kappa shape index (κ1) is 13.2. The number of rotatable bonds is 4. The van der Waals surface area contributed by atoms with E-state index in [1.807, 2.05) is 24.3 Å². The van der Waals surface area contributed by atoms with E-state index in [-0.39, 0.29) is 0 Å². The van der Waals surface area contributed by atoms with Gasteiger partial charge in [0.25, 0.3) is 0 Å². The molecule has 0 atom stereocenters. The number of fused-ring (bicyclic) bond motifs is 2. The Morgan fingerprint density at radius 1 is 1.25 bits per heavy atom. The number of aldehydes is 1. The first-order valence-electron chi connectivity index (χ1n) is 6.47. The van der Waals surface area contributed by atoms with E-state index < -0.39 is 0 Å². The van der Waals surface area contributed by atoms with Gasteiger partial charge in [-0.1, -0.05) is 23.9 Å². The molecular formula is C16H15NO2S. The molecule has 1 aliphatic heterocycles.